The summed E-state index contributed by atoms with van der Waals surface area (Å²) in [7, 11) is 1.89. The Labute approximate surface area is 295 Å². The summed E-state index contributed by atoms with van der Waals surface area (Å²) in [5.74, 6) is -3.24. The maximum atomic E-state index is 11.4. The van der Waals surface area contributed by atoms with Crippen LogP contribution >= 0.6 is 0 Å². The smallest absolute Gasteiger partial charge is 0.372 e. The number of hydrogen-bond donors (Lipinski definition) is 2. The molecule has 0 heterocycles. The fourth-order valence-corrected chi connectivity index (χ4v) is 3.30. The number of likely N-dealkylation sites (N-methyl/N-ethyl adjacent to an activating group) is 1. The Kier molecular flexibility index (Phi) is 39.9. The van der Waals surface area contributed by atoms with E-state index in [4.69, 9.17) is 66.7 Å². The van der Waals surface area contributed by atoms with Gasteiger partial charge in [0.1, 0.15) is 6.61 Å². The Morgan fingerprint density at radius 1 is 0.380 bits per heavy atom. The van der Waals surface area contributed by atoms with Crippen LogP contribution in [0.1, 0.15) is 12.8 Å². The van der Waals surface area contributed by atoms with Gasteiger partial charge in [0.15, 0.2) is 0 Å². The molecule has 0 saturated heterocycles. The molecule has 0 fully saturated rings. The third-order valence-corrected chi connectivity index (χ3v) is 5.87. The number of carboxylic acid groups (broad SMARTS) is 1. The molecule has 18 heteroatoms. The van der Waals surface area contributed by atoms with Gasteiger partial charge in [-0.3, -0.25) is 9.59 Å². The first-order valence-corrected chi connectivity index (χ1v) is 17.1. The molecule has 0 rings (SSSR count). The summed E-state index contributed by atoms with van der Waals surface area (Å²) in [4.78, 5) is 32.6. The highest BCUT2D eigenvalue weighted by molar-refractivity contribution is 6.32. The van der Waals surface area contributed by atoms with Gasteiger partial charge in [-0.05, 0) is 7.05 Å². The fraction of sp³-hybridized carbons (Fsp3) is 0.906. The number of rotatable bonds is 43. The highest BCUT2D eigenvalue weighted by atomic mass is 16.6. The molecule has 0 radical (unpaired) electrons. The largest absolute Gasteiger partial charge is 0.476 e. The van der Waals surface area contributed by atoms with Crippen molar-refractivity contribution >= 4 is 17.7 Å². The zero-order valence-corrected chi connectivity index (χ0v) is 29.8. The molecular formula is C32H61NO17. The molecular weight excluding hydrogens is 670 g/mol. The van der Waals surface area contributed by atoms with Crippen LogP contribution in [0.25, 0.3) is 0 Å². The summed E-state index contributed by atoms with van der Waals surface area (Å²) in [6, 6.07) is 0. The number of carbonyl (C=O) groups is 3. The number of ether oxygens (including phenoxy) is 13. The highest BCUT2D eigenvalue weighted by Crippen LogP contribution is 1.95. The monoisotopic (exact) mass is 731 g/mol. The highest BCUT2D eigenvalue weighted by Gasteiger charge is 2.14. The molecule has 0 unspecified atom stereocenters. The summed E-state index contributed by atoms with van der Waals surface area (Å²) in [5, 5.41) is 11.5. The first-order chi connectivity index (χ1) is 24.6. The lowest BCUT2D eigenvalue weighted by molar-refractivity contribution is -0.151. The van der Waals surface area contributed by atoms with Crippen LogP contribution in [0.5, 0.6) is 0 Å². The molecule has 0 aliphatic heterocycles. The van der Waals surface area contributed by atoms with E-state index in [1.54, 1.807) is 0 Å². The van der Waals surface area contributed by atoms with Gasteiger partial charge in [0.2, 0.25) is 5.78 Å². The number of ketones is 1. The van der Waals surface area contributed by atoms with Gasteiger partial charge in [-0.2, -0.15) is 0 Å². The molecule has 0 bridgehead atoms. The molecule has 18 nitrogen and oxygen atoms in total. The number of hydrogen-bond acceptors (Lipinski definition) is 17. The van der Waals surface area contributed by atoms with Gasteiger partial charge >= 0.3 is 11.9 Å². The van der Waals surface area contributed by atoms with E-state index in [0.29, 0.717) is 152 Å². The molecule has 0 aromatic carbocycles. The van der Waals surface area contributed by atoms with Crippen molar-refractivity contribution in [1.82, 2.24) is 5.32 Å². The van der Waals surface area contributed by atoms with E-state index in [9.17, 15) is 14.4 Å². The van der Waals surface area contributed by atoms with E-state index in [-0.39, 0.29) is 26.1 Å². The molecule has 296 valence electrons. The molecule has 0 saturated carbocycles. The number of carboxylic acids is 1. The molecule has 0 amide bonds. The summed E-state index contributed by atoms with van der Waals surface area (Å²) >= 11 is 0. The van der Waals surface area contributed by atoms with Gasteiger partial charge in [-0.1, -0.05) is 0 Å². The zero-order chi connectivity index (χ0) is 36.4. The van der Waals surface area contributed by atoms with E-state index < -0.39 is 17.7 Å². The maximum absolute atomic E-state index is 11.4. The average Bonchev–Trinajstić information content (AvgIpc) is 3.11. The van der Waals surface area contributed by atoms with Gasteiger partial charge in [-0.15, -0.1) is 0 Å². The van der Waals surface area contributed by atoms with E-state index >= 15 is 0 Å². The predicted octanol–water partition coefficient (Wildman–Crippen LogP) is -0.618. The lowest BCUT2D eigenvalue weighted by atomic mass is 10.2. The third-order valence-electron chi connectivity index (χ3n) is 5.87. The standard InChI is InChI=1S/C32H61NO17/c1-33-4-5-38-6-7-39-8-9-40-10-11-41-12-13-42-14-15-43-16-17-44-18-19-45-20-21-46-22-23-47-24-25-48-26-27-49-28-29-50-31(35)3-2-30(34)32(36)37/h33H,2-29H2,1H3,(H,36,37). The summed E-state index contributed by atoms with van der Waals surface area (Å²) in [5.41, 5.74) is 0. The van der Waals surface area contributed by atoms with Crippen molar-refractivity contribution < 1.29 is 81.1 Å². The Bertz CT molecular complexity index is 750. The second-order valence-corrected chi connectivity index (χ2v) is 9.90. The molecule has 0 aromatic heterocycles. The number of aliphatic carboxylic acids is 1. The van der Waals surface area contributed by atoms with Crippen molar-refractivity contribution in [3.05, 3.63) is 0 Å². The first-order valence-electron chi connectivity index (χ1n) is 17.1. The van der Waals surface area contributed by atoms with Crippen LogP contribution in [0.15, 0.2) is 0 Å². The molecule has 0 spiro atoms. The van der Waals surface area contributed by atoms with Crippen LogP contribution < -0.4 is 5.32 Å². The first kappa shape index (κ1) is 48.1. The van der Waals surface area contributed by atoms with Crippen LogP contribution in [-0.2, 0) is 76.0 Å². The summed E-state index contributed by atoms with van der Waals surface area (Å²) in [6.07, 6.45) is -0.662. The maximum Gasteiger partial charge on any atom is 0.372 e. The quantitative estimate of drug-likeness (QED) is 0.0456. The lowest BCUT2D eigenvalue weighted by Gasteiger charge is -2.09. The van der Waals surface area contributed by atoms with Crippen molar-refractivity contribution in [2.45, 2.75) is 12.8 Å². The van der Waals surface area contributed by atoms with Crippen molar-refractivity contribution in [1.29, 1.82) is 0 Å². The van der Waals surface area contributed by atoms with E-state index in [0.717, 1.165) is 6.54 Å². The minimum atomic E-state index is -1.56. The van der Waals surface area contributed by atoms with Gasteiger partial charge in [0.05, 0.1) is 165 Å². The zero-order valence-electron chi connectivity index (χ0n) is 29.8. The number of Topliss-reactive ketones (excluding diaryl/α,β-unsaturated/α-hetero) is 1. The number of nitrogens with one attached hydrogen (secondary N) is 1. The Morgan fingerprint density at radius 3 is 0.860 bits per heavy atom. The summed E-state index contributed by atoms with van der Waals surface area (Å²) < 4.78 is 69.8. The van der Waals surface area contributed by atoms with E-state index in [1.807, 2.05) is 7.05 Å². The van der Waals surface area contributed by atoms with Crippen molar-refractivity contribution in [3.8, 4) is 0 Å². The molecule has 0 aliphatic rings. The Hall–Kier alpha value is -1.91. The second kappa shape index (κ2) is 41.5. The Morgan fingerprint density at radius 2 is 0.620 bits per heavy atom. The fourth-order valence-electron chi connectivity index (χ4n) is 3.30. The van der Waals surface area contributed by atoms with Gasteiger partial charge in [0.25, 0.3) is 0 Å². The molecule has 0 atom stereocenters. The van der Waals surface area contributed by atoms with Gasteiger partial charge in [0, 0.05) is 13.0 Å². The van der Waals surface area contributed by atoms with E-state index in [1.165, 1.54) is 0 Å². The minimum Gasteiger partial charge on any atom is -0.476 e. The third kappa shape index (κ3) is 40.5. The average molecular weight is 732 g/mol. The molecule has 50 heavy (non-hydrogen) atoms. The van der Waals surface area contributed by atoms with Crippen molar-refractivity contribution in [2.75, 3.05) is 179 Å². The van der Waals surface area contributed by atoms with Crippen molar-refractivity contribution in [3.63, 3.8) is 0 Å². The Balaban J connectivity index is 3.11. The normalized spacial score (nSPS) is 11.3. The van der Waals surface area contributed by atoms with Crippen LogP contribution in [-0.4, -0.2) is 202 Å². The molecule has 0 aliphatic carbocycles. The van der Waals surface area contributed by atoms with Crippen molar-refractivity contribution in [2.24, 2.45) is 0 Å². The molecule has 0 aromatic rings. The SMILES string of the molecule is CNCCOCCOCCOCCOCCOCCOCCOCCOCCOCCOCCOCCOCCOC(=O)CCC(=O)C(=O)O. The molecule has 2 N–H and O–H groups in total. The topological polar surface area (TPSA) is 203 Å². The predicted molar refractivity (Wildman–Crippen MR) is 177 cm³/mol. The second-order valence-electron chi connectivity index (χ2n) is 9.90. The summed E-state index contributed by atoms with van der Waals surface area (Å²) in [6.45, 7) is 12.1. The van der Waals surface area contributed by atoms with Crippen LogP contribution in [0.2, 0.25) is 0 Å². The number of carbonyl (C=O) groups excluding carboxylic acids is 2. The minimum absolute atomic E-state index is 0.0125. The van der Waals surface area contributed by atoms with Crippen LogP contribution in [0.3, 0.4) is 0 Å². The van der Waals surface area contributed by atoms with Gasteiger partial charge in [-0.25, -0.2) is 4.79 Å². The van der Waals surface area contributed by atoms with Gasteiger partial charge < -0.3 is 72.0 Å². The number of esters is 1. The van der Waals surface area contributed by atoms with Crippen LogP contribution in [0.4, 0.5) is 0 Å². The van der Waals surface area contributed by atoms with E-state index in [2.05, 4.69) is 5.32 Å². The van der Waals surface area contributed by atoms with Crippen LogP contribution in [0, 0.1) is 0 Å². The lowest BCUT2D eigenvalue weighted by Crippen LogP contribution is -2.17.